The van der Waals surface area contributed by atoms with Crippen LogP contribution in [0.5, 0.6) is 0 Å². The molecule has 1 aromatic rings. The van der Waals surface area contributed by atoms with E-state index in [4.69, 9.17) is 24.8 Å². The summed E-state index contributed by atoms with van der Waals surface area (Å²) in [7, 11) is -2.69. The Labute approximate surface area is 180 Å². The van der Waals surface area contributed by atoms with Crippen molar-refractivity contribution in [2.24, 2.45) is 11.7 Å². The van der Waals surface area contributed by atoms with Crippen molar-refractivity contribution in [2.75, 3.05) is 13.7 Å². The lowest BCUT2D eigenvalue weighted by Crippen LogP contribution is -2.41. The van der Waals surface area contributed by atoms with Crippen LogP contribution in [-0.4, -0.2) is 35.1 Å². The second-order valence-corrected chi connectivity index (χ2v) is 10.8. The van der Waals surface area contributed by atoms with Gasteiger partial charge in [0.15, 0.2) is 0 Å². The lowest BCUT2D eigenvalue weighted by Gasteiger charge is -2.27. The maximum Gasteiger partial charge on any atom is 0.469 e. The Morgan fingerprint density at radius 3 is 2.80 bits per heavy atom. The Balaban J connectivity index is 1.51. The molecule has 7 heteroatoms. The predicted octanol–water partition coefficient (Wildman–Crippen LogP) is 4.46. The van der Waals surface area contributed by atoms with Crippen LogP contribution in [0.3, 0.4) is 0 Å². The first kappa shape index (κ1) is 23.9. The molecule has 4 atom stereocenters. The number of nitrogens with two attached hydrogens (primary N) is 1. The van der Waals surface area contributed by atoms with E-state index >= 15 is 0 Å². The van der Waals surface area contributed by atoms with Gasteiger partial charge in [0, 0.05) is 12.6 Å². The maximum absolute atomic E-state index is 11.0. The average Bonchev–Trinajstić information content (AvgIpc) is 3.11. The number of ether oxygens (including phenoxy) is 1. The molecule has 4 N–H and O–H groups in total. The Kier molecular flexibility index (Phi) is 8.16. The van der Waals surface area contributed by atoms with Gasteiger partial charge in [0.2, 0.25) is 0 Å². The minimum Gasteiger partial charge on any atom is -0.382 e. The lowest BCUT2D eigenvalue weighted by molar-refractivity contribution is 0.108. The Hall–Kier alpha value is -0.750. The Bertz CT molecular complexity index is 751. The first-order valence-electron chi connectivity index (χ1n) is 11.3. The number of unbranched alkanes of at least 4 members (excludes halogenated alkanes) is 1. The van der Waals surface area contributed by atoms with Gasteiger partial charge in [0.25, 0.3) is 0 Å². The highest BCUT2D eigenvalue weighted by Gasteiger charge is 2.38. The van der Waals surface area contributed by atoms with Gasteiger partial charge in [-0.05, 0) is 80.4 Å². The largest absolute Gasteiger partial charge is 0.469 e. The van der Waals surface area contributed by atoms with E-state index in [-0.39, 0.29) is 6.61 Å². The van der Waals surface area contributed by atoms with Crippen LogP contribution in [0.25, 0.3) is 0 Å². The lowest BCUT2D eigenvalue weighted by atomic mass is 9.79. The number of hydrogen-bond donors (Lipinski definition) is 3. The van der Waals surface area contributed by atoms with Crippen molar-refractivity contribution in [2.45, 2.75) is 88.7 Å². The van der Waals surface area contributed by atoms with Crippen molar-refractivity contribution in [1.29, 1.82) is 0 Å². The molecule has 0 radical (unpaired) electrons. The number of rotatable bonds is 10. The van der Waals surface area contributed by atoms with Crippen LogP contribution in [0.2, 0.25) is 0 Å². The molecule has 0 heterocycles. The van der Waals surface area contributed by atoms with Gasteiger partial charge >= 0.3 is 7.82 Å². The molecule has 1 saturated carbocycles. The predicted molar refractivity (Wildman–Crippen MR) is 118 cm³/mol. The summed E-state index contributed by atoms with van der Waals surface area (Å²) >= 11 is 0. The van der Waals surface area contributed by atoms with Crippen molar-refractivity contribution in [3.05, 3.63) is 34.9 Å². The molecule has 0 saturated heterocycles. The third-order valence-electron chi connectivity index (χ3n) is 7.07. The van der Waals surface area contributed by atoms with Gasteiger partial charge in [0.1, 0.15) is 0 Å². The summed E-state index contributed by atoms with van der Waals surface area (Å²) in [6.45, 7) is 2.04. The first-order chi connectivity index (χ1) is 14.2. The third kappa shape index (κ3) is 6.88. The number of fused-ring (bicyclic) bond motifs is 1. The number of benzene rings is 1. The number of phosphoric ester groups is 1. The van der Waals surface area contributed by atoms with Gasteiger partial charge in [-0.25, -0.2) is 4.57 Å². The molecular formula is C23H38NO5P. The molecule has 3 rings (SSSR count). The topological polar surface area (TPSA) is 102 Å². The average molecular weight is 440 g/mol. The van der Waals surface area contributed by atoms with Crippen LogP contribution < -0.4 is 5.73 Å². The standard InChI is InChI=1S/C23H38NO5P/c1-17(28-2)5-3-4-6-18-7-8-20-14-21(10-9-19(20)13-18)22-11-12-23(24,15-22)16-29-30(25,26)27/h9-10,14,17-18,22H,3-8,11-13,15-16,24H2,1-2H3,(H2,25,26,27)/t17?,18-,22+,23-/m1/s1. The fourth-order valence-corrected chi connectivity index (χ4v) is 5.54. The zero-order valence-corrected chi connectivity index (χ0v) is 19.3. The van der Waals surface area contributed by atoms with Crippen molar-refractivity contribution in [1.82, 2.24) is 0 Å². The van der Waals surface area contributed by atoms with E-state index in [0.717, 1.165) is 31.6 Å². The summed E-state index contributed by atoms with van der Waals surface area (Å²) in [5.41, 5.74) is 9.97. The van der Waals surface area contributed by atoms with Gasteiger partial charge in [-0.15, -0.1) is 0 Å². The van der Waals surface area contributed by atoms with Gasteiger partial charge < -0.3 is 20.3 Å². The van der Waals surface area contributed by atoms with Crippen molar-refractivity contribution >= 4 is 7.82 Å². The van der Waals surface area contributed by atoms with E-state index in [0.29, 0.717) is 18.4 Å². The molecule has 0 aliphatic heterocycles. The fraction of sp³-hybridized carbons (Fsp3) is 0.739. The first-order valence-corrected chi connectivity index (χ1v) is 12.8. The van der Waals surface area contributed by atoms with Crippen molar-refractivity contribution in [3.8, 4) is 0 Å². The molecule has 6 nitrogen and oxygen atoms in total. The third-order valence-corrected chi connectivity index (χ3v) is 7.54. The summed E-state index contributed by atoms with van der Waals surface area (Å²) < 4.78 is 21.0. The smallest absolute Gasteiger partial charge is 0.382 e. The van der Waals surface area contributed by atoms with Crippen LogP contribution in [0.1, 0.15) is 80.9 Å². The molecule has 1 aromatic carbocycles. The van der Waals surface area contributed by atoms with Crippen molar-refractivity contribution in [3.63, 3.8) is 0 Å². The fourth-order valence-electron chi connectivity index (χ4n) is 5.12. The van der Waals surface area contributed by atoms with Crippen molar-refractivity contribution < 1.29 is 23.6 Å². The van der Waals surface area contributed by atoms with E-state index in [1.165, 1.54) is 48.8 Å². The van der Waals surface area contributed by atoms with Gasteiger partial charge in [0.05, 0.1) is 12.7 Å². The highest BCUT2D eigenvalue weighted by Crippen LogP contribution is 2.44. The molecule has 2 aliphatic rings. The van der Waals surface area contributed by atoms with E-state index < -0.39 is 13.4 Å². The molecule has 2 aliphatic carbocycles. The zero-order valence-electron chi connectivity index (χ0n) is 18.4. The summed E-state index contributed by atoms with van der Waals surface area (Å²) in [6, 6.07) is 6.89. The van der Waals surface area contributed by atoms with E-state index in [9.17, 15) is 4.57 Å². The zero-order chi connectivity index (χ0) is 21.8. The summed E-state index contributed by atoms with van der Waals surface area (Å²) in [5.74, 6) is 1.12. The number of hydrogen-bond acceptors (Lipinski definition) is 4. The van der Waals surface area contributed by atoms with Crippen LogP contribution >= 0.6 is 7.82 Å². The van der Waals surface area contributed by atoms with E-state index in [2.05, 4.69) is 25.1 Å². The van der Waals surface area contributed by atoms with Crippen LogP contribution in [-0.2, 0) is 26.7 Å². The molecule has 1 fully saturated rings. The highest BCUT2D eigenvalue weighted by molar-refractivity contribution is 7.46. The molecule has 30 heavy (non-hydrogen) atoms. The second-order valence-electron chi connectivity index (χ2n) is 9.53. The van der Waals surface area contributed by atoms with E-state index in [1.807, 2.05) is 0 Å². The highest BCUT2D eigenvalue weighted by atomic mass is 31.2. The second kappa shape index (κ2) is 10.2. The monoisotopic (exact) mass is 439 g/mol. The normalized spacial score (nSPS) is 27.8. The van der Waals surface area contributed by atoms with Crippen LogP contribution in [0, 0.1) is 5.92 Å². The van der Waals surface area contributed by atoms with Gasteiger partial charge in [-0.3, -0.25) is 4.52 Å². The summed E-state index contributed by atoms with van der Waals surface area (Å²) in [5, 5.41) is 0. The molecule has 0 aromatic heterocycles. The summed E-state index contributed by atoms with van der Waals surface area (Å²) in [4.78, 5) is 17.9. The molecule has 0 bridgehead atoms. The number of phosphoric acid groups is 1. The maximum atomic E-state index is 11.0. The summed E-state index contributed by atoms with van der Waals surface area (Å²) in [6.07, 6.45) is 11.3. The molecule has 0 amide bonds. The van der Waals surface area contributed by atoms with Crippen LogP contribution in [0.4, 0.5) is 0 Å². The van der Waals surface area contributed by atoms with Crippen LogP contribution in [0.15, 0.2) is 18.2 Å². The number of aryl methyl sites for hydroxylation is 1. The minimum absolute atomic E-state index is 0.0937. The quantitative estimate of drug-likeness (QED) is 0.367. The molecule has 0 spiro atoms. The molecule has 1 unspecified atom stereocenters. The van der Waals surface area contributed by atoms with Gasteiger partial charge in [-0.2, -0.15) is 0 Å². The minimum atomic E-state index is -4.48. The Morgan fingerprint density at radius 1 is 1.27 bits per heavy atom. The Morgan fingerprint density at radius 2 is 2.07 bits per heavy atom. The van der Waals surface area contributed by atoms with Gasteiger partial charge in [-0.1, -0.05) is 37.5 Å². The SMILES string of the molecule is COC(C)CCCC[C@@H]1CCc2cc([C@H]3CC[C@](N)(COP(=O)(O)O)C3)ccc2C1. The molecular weight excluding hydrogens is 401 g/mol. The molecule has 170 valence electrons. The number of methoxy groups -OCH3 is 1. The van der Waals surface area contributed by atoms with E-state index in [1.54, 1.807) is 7.11 Å².